The maximum Gasteiger partial charge on any atom is 0.391 e. The van der Waals surface area contributed by atoms with E-state index in [4.69, 9.17) is 4.42 Å². The monoisotopic (exact) mass is 396 g/mol. The first kappa shape index (κ1) is 19.0. The van der Waals surface area contributed by atoms with Gasteiger partial charge in [0.15, 0.2) is 5.58 Å². The third-order valence-corrected chi connectivity index (χ3v) is 5.54. The van der Waals surface area contributed by atoms with Crippen LogP contribution >= 0.6 is 0 Å². The zero-order chi connectivity index (χ0) is 19.9. The minimum absolute atomic E-state index is 0.0187. The van der Waals surface area contributed by atoms with Gasteiger partial charge in [0.05, 0.1) is 12.0 Å². The minimum Gasteiger partial charge on any atom is -0.424 e. The lowest BCUT2D eigenvalue weighted by molar-refractivity contribution is -0.136. The van der Waals surface area contributed by atoms with Crippen LogP contribution in [-0.4, -0.2) is 53.7 Å². The third kappa shape index (κ3) is 4.09. The normalized spacial score (nSPS) is 25.6. The Morgan fingerprint density at radius 3 is 2.75 bits per heavy atom. The SMILES string of the molecule is CC(CC(F)(F)F)Nc1nc2c(C(=O)NC3CN4CCC3CC4)cccc2o1. The molecule has 6 nitrogen and oxygen atoms in total. The van der Waals surface area contributed by atoms with E-state index in [1.54, 1.807) is 18.2 Å². The van der Waals surface area contributed by atoms with Gasteiger partial charge in [-0.1, -0.05) is 6.07 Å². The number of para-hydroxylation sites is 1. The van der Waals surface area contributed by atoms with Crippen molar-refractivity contribution in [2.75, 3.05) is 25.0 Å². The Hall–Kier alpha value is -2.29. The fraction of sp³-hybridized carbons (Fsp3) is 0.579. The predicted octanol–water partition coefficient (Wildman–Crippen LogP) is 3.40. The van der Waals surface area contributed by atoms with Crippen molar-refractivity contribution in [2.24, 2.45) is 5.92 Å². The molecule has 2 unspecified atom stereocenters. The molecule has 4 heterocycles. The standard InChI is InChI=1S/C19H23F3N4O2/c1-11(9-19(20,21)22)23-18-25-16-13(3-2-4-15(16)28-18)17(27)24-14-10-26-7-5-12(14)6-8-26/h2-4,11-12,14H,5-10H2,1H3,(H,23,25)(H,24,27). The number of oxazole rings is 1. The summed E-state index contributed by atoms with van der Waals surface area (Å²) in [4.78, 5) is 19.4. The molecule has 3 aliphatic rings. The Balaban J connectivity index is 1.49. The number of piperidine rings is 3. The van der Waals surface area contributed by atoms with Gasteiger partial charge in [0.2, 0.25) is 0 Å². The highest BCUT2D eigenvalue weighted by Crippen LogP contribution is 2.29. The first-order valence-electron chi connectivity index (χ1n) is 9.54. The van der Waals surface area contributed by atoms with E-state index in [2.05, 4.69) is 20.5 Å². The van der Waals surface area contributed by atoms with E-state index in [0.717, 1.165) is 32.5 Å². The molecule has 28 heavy (non-hydrogen) atoms. The van der Waals surface area contributed by atoms with E-state index in [0.29, 0.717) is 22.6 Å². The van der Waals surface area contributed by atoms with Crippen LogP contribution in [0.4, 0.5) is 19.2 Å². The van der Waals surface area contributed by atoms with Crippen molar-refractivity contribution in [2.45, 2.75) is 44.4 Å². The molecule has 3 saturated heterocycles. The molecule has 2 bridgehead atoms. The fourth-order valence-corrected chi connectivity index (χ4v) is 4.18. The van der Waals surface area contributed by atoms with Crippen molar-refractivity contribution in [3.63, 3.8) is 0 Å². The fourth-order valence-electron chi connectivity index (χ4n) is 4.18. The highest BCUT2D eigenvalue weighted by atomic mass is 19.4. The molecule has 2 N–H and O–H groups in total. The van der Waals surface area contributed by atoms with Crippen molar-refractivity contribution in [1.82, 2.24) is 15.2 Å². The Morgan fingerprint density at radius 2 is 2.11 bits per heavy atom. The molecule has 2 aromatic rings. The summed E-state index contributed by atoms with van der Waals surface area (Å²) in [5, 5.41) is 5.73. The van der Waals surface area contributed by atoms with Gasteiger partial charge >= 0.3 is 6.18 Å². The van der Waals surface area contributed by atoms with Gasteiger partial charge < -0.3 is 20.0 Å². The van der Waals surface area contributed by atoms with Gasteiger partial charge in [-0.15, -0.1) is 0 Å². The number of aromatic nitrogens is 1. The first-order chi connectivity index (χ1) is 13.3. The number of nitrogens with zero attached hydrogens (tertiary/aromatic N) is 2. The Morgan fingerprint density at radius 1 is 1.36 bits per heavy atom. The molecule has 3 fully saturated rings. The third-order valence-electron chi connectivity index (χ3n) is 5.54. The number of amides is 1. The van der Waals surface area contributed by atoms with E-state index in [-0.39, 0.29) is 18.0 Å². The van der Waals surface area contributed by atoms with Crippen LogP contribution in [-0.2, 0) is 0 Å². The maximum atomic E-state index is 12.8. The van der Waals surface area contributed by atoms with Crippen LogP contribution in [0.5, 0.6) is 0 Å². The summed E-state index contributed by atoms with van der Waals surface area (Å²) in [6.45, 7) is 4.43. The first-order valence-corrected chi connectivity index (χ1v) is 9.54. The number of hydrogen-bond acceptors (Lipinski definition) is 5. The molecule has 9 heteroatoms. The molecular formula is C19H23F3N4O2. The molecule has 1 amide bonds. The number of carbonyl (C=O) groups is 1. The number of benzene rings is 1. The van der Waals surface area contributed by atoms with Crippen molar-refractivity contribution >= 4 is 23.0 Å². The number of halogens is 3. The lowest BCUT2D eigenvalue weighted by Gasteiger charge is -2.44. The lowest BCUT2D eigenvalue weighted by Crippen LogP contribution is -2.57. The largest absolute Gasteiger partial charge is 0.424 e. The second kappa shape index (κ2) is 7.27. The summed E-state index contributed by atoms with van der Waals surface area (Å²) in [6.07, 6.45) is -3.11. The summed E-state index contributed by atoms with van der Waals surface area (Å²) < 4.78 is 43.1. The number of nitrogens with one attached hydrogen (secondary N) is 2. The summed E-state index contributed by atoms with van der Waals surface area (Å²) in [6, 6.07) is 4.19. The summed E-state index contributed by atoms with van der Waals surface area (Å²) in [5.74, 6) is 0.262. The number of hydrogen-bond donors (Lipinski definition) is 2. The van der Waals surface area contributed by atoms with E-state index in [1.807, 2.05) is 0 Å². The van der Waals surface area contributed by atoms with Crippen LogP contribution in [0.25, 0.3) is 11.1 Å². The molecule has 1 aromatic heterocycles. The molecule has 0 saturated carbocycles. The van der Waals surface area contributed by atoms with E-state index >= 15 is 0 Å². The van der Waals surface area contributed by atoms with Crippen molar-refractivity contribution in [3.05, 3.63) is 23.8 Å². The summed E-state index contributed by atoms with van der Waals surface area (Å²) in [7, 11) is 0. The molecule has 2 atom stereocenters. The summed E-state index contributed by atoms with van der Waals surface area (Å²) in [5.41, 5.74) is 1.08. The van der Waals surface area contributed by atoms with Gasteiger partial charge in [-0.3, -0.25) is 4.79 Å². The van der Waals surface area contributed by atoms with Crippen LogP contribution in [0.15, 0.2) is 22.6 Å². The number of rotatable bonds is 5. The topological polar surface area (TPSA) is 70.4 Å². The minimum atomic E-state index is -4.28. The van der Waals surface area contributed by atoms with Gasteiger partial charge in [0.1, 0.15) is 5.52 Å². The van der Waals surface area contributed by atoms with Gasteiger partial charge in [-0.2, -0.15) is 18.2 Å². The average Bonchev–Trinajstić information content (AvgIpc) is 3.03. The quantitative estimate of drug-likeness (QED) is 0.811. The van der Waals surface area contributed by atoms with Gasteiger partial charge in [0, 0.05) is 18.6 Å². The Bertz CT molecular complexity index is 858. The zero-order valence-electron chi connectivity index (χ0n) is 15.6. The number of anilines is 1. The van der Waals surface area contributed by atoms with E-state index < -0.39 is 18.6 Å². The Kier molecular flexibility index (Phi) is 4.95. The number of carbonyl (C=O) groups excluding carboxylic acids is 1. The zero-order valence-corrected chi connectivity index (χ0v) is 15.6. The van der Waals surface area contributed by atoms with E-state index in [1.165, 1.54) is 6.92 Å². The van der Waals surface area contributed by atoms with Gasteiger partial charge in [-0.25, -0.2) is 0 Å². The highest BCUT2D eigenvalue weighted by molar-refractivity contribution is 6.04. The number of alkyl halides is 3. The number of fused-ring (bicyclic) bond motifs is 4. The lowest BCUT2D eigenvalue weighted by atomic mass is 9.84. The van der Waals surface area contributed by atoms with Crippen LogP contribution < -0.4 is 10.6 Å². The molecule has 1 aromatic carbocycles. The van der Waals surface area contributed by atoms with Crippen LogP contribution in [0.3, 0.4) is 0 Å². The average molecular weight is 396 g/mol. The van der Waals surface area contributed by atoms with E-state index in [9.17, 15) is 18.0 Å². The van der Waals surface area contributed by atoms with Crippen molar-refractivity contribution < 1.29 is 22.4 Å². The van der Waals surface area contributed by atoms with Gasteiger partial charge in [0.25, 0.3) is 11.9 Å². The molecule has 0 aliphatic carbocycles. The van der Waals surface area contributed by atoms with Crippen LogP contribution in [0.2, 0.25) is 0 Å². The molecular weight excluding hydrogens is 373 g/mol. The van der Waals surface area contributed by atoms with Crippen molar-refractivity contribution in [1.29, 1.82) is 0 Å². The maximum absolute atomic E-state index is 12.8. The molecule has 5 rings (SSSR count). The second-order valence-electron chi connectivity index (χ2n) is 7.75. The highest BCUT2D eigenvalue weighted by Gasteiger charge is 2.35. The van der Waals surface area contributed by atoms with Crippen LogP contribution in [0.1, 0.15) is 36.5 Å². The molecule has 0 spiro atoms. The smallest absolute Gasteiger partial charge is 0.391 e. The van der Waals surface area contributed by atoms with Crippen molar-refractivity contribution in [3.8, 4) is 0 Å². The Labute approximate surface area is 160 Å². The second-order valence-corrected chi connectivity index (χ2v) is 7.75. The molecule has 152 valence electrons. The van der Waals surface area contributed by atoms with Crippen LogP contribution in [0, 0.1) is 5.92 Å². The predicted molar refractivity (Wildman–Crippen MR) is 98.2 cm³/mol. The van der Waals surface area contributed by atoms with Gasteiger partial charge in [-0.05, 0) is 50.9 Å². The molecule has 0 radical (unpaired) electrons. The molecule has 3 aliphatic heterocycles. The summed E-state index contributed by atoms with van der Waals surface area (Å²) >= 11 is 0.